The number of rotatable bonds is 3. The van der Waals surface area contributed by atoms with Crippen LogP contribution >= 0.6 is 27.3 Å². The van der Waals surface area contributed by atoms with Crippen LogP contribution in [-0.4, -0.2) is 16.1 Å². The van der Waals surface area contributed by atoms with E-state index in [0.29, 0.717) is 0 Å². The van der Waals surface area contributed by atoms with Crippen molar-refractivity contribution < 1.29 is 9.90 Å². The number of carboxylic acid groups (broad SMARTS) is 1. The van der Waals surface area contributed by atoms with Crippen LogP contribution in [0.2, 0.25) is 0 Å². The Hall–Kier alpha value is -0.420. The largest absolute Gasteiger partial charge is 0.481 e. The minimum atomic E-state index is -0.781. The molecule has 0 spiro atoms. The van der Waals surface area contributed by atoms with Crippen LogP contribution < -0.4 is 0 Å². The Morgan fingerprint density at radius 2 is 2.38 bits per heavy atom. The Morgan fingerprint density at radius 1 is 1.77 bits per heavy atom. The van der Waals surface area contributed by atoms with Gasteiger partial charge in [-0.2, -0.15) is 0 Å². The second-order valence-corrected chi connectivity index (χ2v) is 5.26. The van der Waals surface area contributed by atoms with Gasteiger partial charge in [-0.25, -0.2) is 4.98 Å². The van der Waals surface area contributed by atoms with Crippen LogP contribution in [0.4, 0.5) is 0 Å². The summed E-state index contributed by atoms with van der Waals surface area (Å²) in [6, 6.07) is 0. The van der Waals surface area contributed by atoms with E-state index in [-0.39, 0.29) is 12.3 Å². The zero-order valence-corrected chi connectivity index (χ0v) is 9.78. The molecule has 0 aliphatic heterocycles. The third-order valence-electron chi connectivity index (χ3n) is 1.66. The summed E-state index contributed by atoms with van der Waals surface area (Å²) in [5.41, 5.74) is 0.928. The van der Waals surface area contributed by atoms with E-state index in [2.05, 4.69) is 20.9 Å². The summed E-state index contributed by atoms with van der Waals surface area (Å²) in [7, 11) is 0. The van der Waals surface area contributed by atoms with Crippen molar-refractivity contribution in [3.8, 4) is 0 Å². The topological polar surface area (TPSA) is 50.2 Å². The Balaban J connectivity index is 2.77. The van der Waals surface area contributed by atoms with Gasteiger partial charge in [0.25, 0.3) is 0 Å². The molecule has 0 fully saturated rings. The van der Waals surface area contributed by atoms with Crippen molar-refractivity contribution in [1.29, 1.82) is 0 Å². The molecule has 0 saturated carbocycles. The third-order valence-corrected chi connectivity index (χ3v) is 3.90. The lowest BCUT2D eigenvalue weighted by Gasteiger charge is -2.02. The van der Waals surface area contributed by atoms with E-state index in [0.717, 1.165) is 14.5 Å². The first-order valence-electron chi connectivity index (χ1n) is 3.85. The minimum absolute atomic E-state index is 0.00694. The smallest absolute Gasteiger partial charge is 0.304 e. The average Bonchev–Trinajstić information content (AvgIpc) is 2.31. The third kappa shape index (κ3) is 2.77. The molecule has 0 aromatic carbocycles. The van der Waals surface area contributed by atoms with E-state index >= 15 is 0 Å². The lowest BCUT2D eigenvalue weighted by Crippen LogP contribution is -2.02. The van der Waals surface area contributed by atoms with Gasteiger partial charge < -0.3 is 5.11 Å². The first kappa shape index (κ1) is 10.7. The van der Waals surface area contributed by atoms with Crippen LogP contribution in [0.5, 0.6) is 0 Å². The molecule has 1 heterocycles. The zero-order valence-electron chi connectivity index (χ0n) is 7.37. The van der Waals surface area contributed by atoms with Gasteiger partial charge in [0, 0.05) is 5.92 Å². The fourth-order valence-electron chi connectivity index (χ4n) is 0.958. The van der Waals surface area contributed by atoms with Crippen LogP contribution in [0.15, 0.2) is 3.79 Å². The molecule has 0 saturated heterocycles. The van der Waals surface area contributed by atoms with Gasteiger partial charge in [-0.05, 0) is 22.9 Å². The van der Waals surface area contributed by atoms with Crippen molar-refractivity contribution in [3.63, 3.8) is 0 Å². The number of thiazole rings is 1. The van der Waals surface area contributed by atoms with Gasteiger partial charge in [-0.1, -0.05) is 6.92 Å². The number of aryl methyl sites for hydroxylation is 1. The summed E-state index contributed by atoms with van der Waals surface area (Å²) < 4.78 is 0.986. The lowest BCUT2D eigenvalue weighted by molar-refractivity contribution is -0.137. The maximum absolute atomic E-state index is 10.4. The SMILES string of the molecule is Cc1nc(C(C)CC(=O)O)sc1Br. The van der Waals surface area contributed by atoms with Crippen LogP contribution in [-0.2, 0) is 4.79 Å². The molecule has 1 aromatic heterocycles. The standard InChI is InChI=1S/C8H10BrNO2S/c1-4(3-6(11)12)8-10-5(2)7(9)13-8/h4H,3H2,1-2H3,(H,11,12). The highest BCUT2D eigenvalue weighted by Crippen LogP contribution is 2.30. The molecule has 1 unspecified atom stereocenters. The Kier molecular flexibility index (Phi) is 3.44. The second-order valence-electron chi connectivity index (χ2n) is 2.91. The Labute approximate surface area is 88.9 Å². The number of aromatic nitrogens is 1. The highest BCUT2D eigenvalue weighted by atomic mass is 79.9. The molecule has 0 bridgehead atoms. The minimum Gasteiger partial charge on any atom is -0.481 e. The summed E-state index contributed by atoms with van der Waals surface area (Å²) in [5, 5.41) is 9.47. The number of aliphatic carboxylic acids is 1. The van der Waals surface area contributed by atoms with E-state index in [1.807, 2.05) is 13.8 Å². The van der Waals surface area contributed by atoms with E-state index in [1.165, 1.54) is 11.3 Å². The van der Waals surface area contributed by atoms with Gasteiger partial charge in [0.1, 0.15) is 0 Å². The lowest BCUT2D eigenvalue weighted by atomic mass is 10.1. The maximum atomic E-state index is 10.4. The molecule has 1 N–H and O–H groups in total. The Bertz CT molecular complexity index is 304. The van der Waals surface area contributed by atoms with Crippen molar-refractivity contribution in [1.82, 2.24) is 4.98 Å². The van der Waals surface area contributed by atoms with Gasteiger partial charge in [0.2, 0.25) is 0 Å². The number of hydrogen-bond acceptors (Lipinski definition) is 3. The maximum Gasteiger partial charge on any atom is 0.304 e. The molecule has 72 valence electrons. The van der Waals surface area contributed by atoms with Crippen LogP contribution in [0.3, 0.4) is 0 Å². The van der Waals surface area contributed by atoms with Crippen LogP contribution in [0, 0.1) is 6.92 Å². The second kappa shape index (κ2) is 4.19. The highest BCUT2D eigenvalue weighted by Gasteiger charge is 2.15. The highest BCUT2D eigenvalue weighted by molar-refractivity contribution is 9.11. The molecule has 0 radical (unpaired) electrons. The zero-order chi connectivity index (χ0) is 10.0. The molecule has 5 heteroatoms. The quantitative estimate of drug-likeness (QED) is 0.913. The molecular weight excluding hydrogens is 254 g/mol. The van der Waals surface area contributed by atoms with Crippen molar-refractivity contribution in [2.24, 2.45) is 0 Å². The number of hydrogen-bond donors (Lipinski definition) is 1. The van der Waals surface area contributed by atoms with Gasteiger partial charge in [0.15, 0.2) is 0 Å². The van der Waals surface area contributed by atoms with E-state index in [1.54, 1.807) is 0 Å². The van der Waals surface area contributed by atoms with Crippen molar-refractivity contribution in [3.05, 3.63) is 14.5 Å². The van der Waals surface area contributed by atoms with Crippen molar-refractivity contribution in [2.45, 2.75) is 26.2 Å². The predicted octanol–water partition coefficient (Wildman–Crippen LogP) is 2.79. The van der Waals surface area contributed by atoms with E-state index < -0.39 is 5.97 Å². The summed E-state index contributed by atoms with van der Waals surface area (Å²) in [6.07, 6.45) is 0.138. The summed E-state index contributed by atoms with van der Waals surface area (Å²) in [6.45, 7) is 3.77. The monoisotopic (exact) mass is 263 g/mol. The number of nitrogens with zero attached hydrogens (tertiary/aromatic N) is 1. The van der Waals surface area contributed by atoms with Crippen LogP contribution in [0.25, 0.3) is 0 Å². The first-order chi connectivity index (χ1) is 6.00. The molecular formula is C8H10BrNO2S. The molecule has 0 aliphatic rings. The molecule has 0 amide bonds. The molecule has 13 heavy (non-hydrogen) atoms. The van der Waals surface area contributed by atoms with Gasteiger partial charge in [-0.3, -0.25) is 4.79 Å². The van der Waals surface area contributed by atoms with Crippen LogP contribution in [0.1, 0.15) is 30.0 Å². The molecule has 1 atom stereocenters. The van der Waals surface area contributed by atoms with Crippen molar-refractivity contribution in [2.75, 3.05) is 0 Å². The van der Waals surface area contributed by atoms with Crippen molar-refractivity contribution >= 4 is 33.2 Å². The normalized spacial score (nSPS) is 12.8. The first-order valence-corrected chi connectivity index (χ1v) is 5.46. The summed E-state index contributed by atoms with van der Waals surface area (Å²) >= 11 is 4.87. The summed E-state index contributed by atoms with van der Waals surface area (Å²) in [5.74, 6) is -0.788. The Morgan fingerprint density at radius 3 is 2.77 bits per heavy atom. The number of halogens is 1. The van der Waals surface area contributed by atoms with Gasteiger partial charge >= 0.3 is 5.97 Å². The average molecular weight is 264 g/mol. The predicted molar refractivity (Wildman–Crippen MR) is 55.2 cm³/mol. The fourth-order valence-corrected chi connectivity index (χ4v) is 2.39. The van der Waals surface area contributed by atoms with Gasteiger partial charge in [-0.15, -0.1) is 11.3 Å². The molecule has 1 aromatic rings. The van der Waals surface area contributed by atoms with E-state index in [9.17, 15) is 4.79 Å². The summed E-state index contributed by atoms with van der Waals surface area (Å²) in [4.78, 5) is 14.7. The molecule has 3 nitrogen and oxygen atoms in total. The van der Waals surface area contributed by atoms with E-state index in [4.69, 9.17) is 5.11 Å². The fraction of sp³-hybridized carbons (Fsp3) is 0.500. The number of carbonyl (C=O) groups is 1. The number of carboxylic acids is 1. The molecule has 1 rings (SSSR count). The molecule has 0 aliphatic carbocycles. The van der Waals surface area contributed by atoms with Gasteiger partial charge in [0.05, 0.1) is 20.9 Å².